The SMILES string of the molecule is COc1ccc(Br)c(C(=O)NCCc2c[nH]c3ccccc23)c1. The molecular formula is C18H17BrN2O2. The van der Waals surface area contributed by atoms with Crippen molar-refractivity contribution in [3.05, 3.63) is 64.3 Å². The minimum atomic E-state index is -0.115. The molecule has 5 heteroatoms. The van der Waals surface area contributed by atoms with Crippen LogP contribution in [0.5, 0.6) is 5.75 Å². The Balaban J connectivity index is 1.65. The Hall–Kier alpha value is -2.27. The number of ether oxygens (including phenoxy) is 1. The molecule has 0 radical (unpaired) electrons. The summed E-state index contributed by atoms with van der Waals surface area (Å²) in [4.78, 5) is 15.6. The molecule has 0 fully saturated rings. The second-order valence-corrected chi connectivity index (χ2v) is 6.07. The maximum Gasteiger partial charge on any atom is 0.252 e. The van der Waals surface area contributed by atoms with E-state index in [2.05, 4.69) is 32.3 Å². The maximum absolute atomic E-state index is 12.3. The number of H-pyrrole nitrogens is 1. The molecule has 3 rings (SSSR count). The Morgan fingerprint density at radius 2 is 2.09 bits per heavy atom. The molecular weight excluding hydrogens is 356 g/mol. The zero-order valence-electron chi connectivity index (χ0n) is 12.7. The van der Waals surface area contributed by atoms with Gasteiger partial charge in [-0.3, -0.25) is 4.79 Å². The average Bonchev–Trinajstić information content (AvgIpc) is 2.98. The molecule has 0 bridgehead atoms. The highest BCUT2D eigenvalue weighted by Gasteiger charge is 2.11. The van der Waals surface area contributed by atoms with Gasteiger partial charge in [-0.25, -0.2) is 0 Å². The van der Waals surface area contributed by atoms with E-state index in [-0.39, 0.29) is 5.91 Å². The zero-order valence-corrected chi connectivity index (χ0v) is 14.3. The quantitative estimate of drug-likeness (QED) is 0.713. The van der Waals surface area contributed by atoms with Crippen molar-refractivity contribution < 1.29 is 9.53 Å². The van der Waals surface area contributed by atoms with Crippen molar-refractivity contribution in [2.75, 3.05) is 13.7 Å². The van der Waals surface area contributed by atoms with Crippen LogP contribution in [-0.2, 0) is 6.42 Å². The molecule has 1 amide bonds. The summed E-state index contributed by atoms with van der Waals surface area (Å²) in [6.45, 7) is 0.574. The highest BCUT2D eigenvalue weighted by Crippen LogP contribution is 2.22. The van der Waals surface area contributed by atoms with Gasteiger partial charge in [-0.1, -0.05) is 18.2 Å². The number of aromatic nitrogens is 1. The van der Waals surface area contributed by atoms with Crippen molar-refractivity contribution in [2.45, 2.75) is 6.42 Å². The summed E-state index contributed by atoms with van der Waals surface area (Å²) in [6, 6.07) is 13.5. The Morgan fingerprint density at radius 1 is 1.26 bits per heavy atom. The van der Waals surface area contributed by atoms with E-state index in [1.54, 1.807) is 13.2 Å². The molecule has 4 nitrogen and oxygen atoms in total. The summed E-state index contributed by atoms with van der Waals surface area (Å²) < 4.78 is 5.92. The number of carbonyl (C=O) groups is 1. The Bertz CT molecular complexity index is 842. The number of fused-ring (bicyclic) bond motifs is 1. The van der Waals surface area contributed by atoms with Crippen molar-refractivity contribution in [1.29, 1.82) is 0 Å². The highest BCUT2D eigenvalue weighted by atomic mass is 79.9. The van der Waals surface area contributed by atoms with Gasteiger partial charge >= 0.3 is 0 Å². The van der Waals surface area contributed by atoms with Gasteiger partial charge in [0.15, 0.2) is 0 Å². The third-order valence-electron chi connectivity index (χ3n) is 3.77. The van der Waals surface area contributed by atoms with E-state index >= 15 is 0 Å². The van der Waals surface area contributed by atoms with E-state index in [1.165, 1.54) is 10.9 Å². The smallest absolute Gasteiger partial charge is 0.252 e. The van der Waals surface area contributed by atoms with Gasteiger partial charge in [0.2, 0.25) is 0 Å². The topological polar surface area (TPSA) is 54.1 Å². The predicted molar refractivity (Wildman–Crippen MR) is 95.0 cm³/mol. The van der Waals surface area contributed by atoms with E-state index < -0.39 is 0 Å². The number of benzene rings is 2. The lowest BCUT2D eigenvalue weighted by atomic mass is 10.1. The van der Waals surface area contributed by atoms with Gasteiger partial charge in [0.25, 0.3) is 5.91 Å². The number of methoxy groups -OCH3 is 1. The molecule has 1 heterocycles. The second kappa shape index (κ2) is 6.87. The second-order valence-electron chi connectivity index (χ2n) is 5.21. The fourth-order valence-electron chi connectivity index (χ4n) is 2.55. The van der Waals surface area contributed by atoms with Gasteiger partial charge in [-0.05, 0) is 52.2 Å². The molecule has 0 saturated carbocycles. The van der Waals surface area contributed by atoms with Crippen molar-refractivity contribution in [3.8, 4) is 5.75 Å². The average molecular weight is 373 g/mol. The molecule has 0 aliphatic carbocycles. The van der Waals surface area contributed by atoms with Crippen LogP contribution in [0.25, 0.3) is 10.9 Å². The summed E-state index contributed by atoms with van der Waals surface area (Å²) in [6.07, 6.45) is 2.77. The summed E-state index contributed by atoms with van der Waals surface area (Å²) in [7, 11) is 1.59. The predicted octanol–water partition coefficient (Wildman–Crippen LogP) is 3.91. The van der Waals surface area contributed by atoms with E-state index in [4.69, 9.17) is 4.74 Å². The van der Waals surface area contributed by atoms with E-state index in [1.807, 2.05) is 36.5 Å². The molecule has 3 aromatic rings. The van der Waals surface area contributed by atoms with Gasteiger partial charge in [0, 0.05) is 28.1 Å². The molecule has 23 heavy (non-hydrogen) atoms. The van der Waals surface area contributed by atoms with E-state index in [0.717, 1.165) is 16.4 Å². The number of aromatic amines is 1. The van der Waals surface area contributed by atoms with Crippen molar-refractivity contribution in [1.82, 2.24) is 10.3 Å². The largest absolute Gasteiger partial charge is 0.497 e. The lowest BCUT2D eigenvalue weighted by Crippen LogP contribution is -2.26. The normalized spacial score (nSPS) is 10.7. The molecule has 0 unspecified atom stereocenters. The highest BCUT2D eigenvalue weighted by molar-refractivity contribution is 9.10. The molecule has 0 atom stereocenters. The monoisotopic (exact) mass is 372 g/mol. The fourth-order valence-corrected chi connectivity index (χ4v) is 2.98. The minimum Gasteiger partial charge on any atom is -0.497 e. The number of amides is 1. The number of rotatable bonds is 5. The number of para-hydroxylation sites is 1. The van der Waals surface area contributed by atoms with Crippen LogP contribution in [-0.4, -0.2) is 24.5 Å². The van der Waals surface area contributed by atoms with Gasteiger partial charge in [0.05, 0.1) is 12.7 Å². The van der Waals surface area contributed by atoms with Gasteiger partial charge in [0.1, 0.15) is 5.75 Å². The molecule has 2 N–H and O–H groups in total. The maximum atomic E-state index is 12.3. The van der Waals surface area contributed by atoms with Crippen molar-refractivity contribution in [3.63, 3.8) is 0 Å². The number of hydrogen-bond acceptors (Lipinski definition) is 2. The third kappa shape index (κ3) is 3.40. The van der Waals surface area contributed by atoms with Crippen LogP contribution in [0.15, 0.2) is 53.1 Å². The first-order valence-corrected chi connectivity index (χ1v) is 8.15. The third-order valence-corrected chi connectivity index (χ3v) is 4.46. The summed E-state index contributed by atoms with van der Waals surface area (Å²) >= 11 is 3.40. The lowest BCUT2D eigenvalue weighted by Gasteiger charge is -2.08. The zero-order chi connectivity index (χ0) is 16.2. The number of halogens is 1. The number of carbonyl (C=O) groups excluding carboxylic acids is 1. The van der Waals surface area contributed by atoms with Gasteiger partial charge in [-0.15, -0.1) is 0 Å². The fraction of sp³-hybridized carbons (Fsp3) is 0.167. The standard InChI is InChI=1S/C18H17BrN2O2/c1-23-13-6-7-16(19)15(10-13)18(22)20-9-8-12-11-21-17-5-3-2-4-14(12)17/h2-7,10-11,21H,8-9H2,1H3,(H,20,22). The van der Waals surface area contributed by atoms with Crippen LogP contribution in [0.2, 0.25) is 0 Å². The molecule has 0 spiro atoms. The van der Waals surface area contributed by atoms with Crippen LogP contribution < -0.4 is 10.1 Å². The first kappa shape index (κ1) is 15.6. The van der Waals surface area contributed by atoms with E-state index in [9.17, 15) is 4.79 Å². The van der Waals surface area contributed by atoms with E-state index in [0.29, 0.717) is 17.9 Å². The van der Waals surface area contributed by atoms with Crippen molar-refractivity contribution in [2.24, 2.45) is 0 Å². The molecule has 0 saturated heterocycles. The molecule has 1 aromatic heterocycles. The molecule has 0 aliphatic rings. The number of hydrogen-bond donors (Lipinski definition) is 2. The Morgan fingerprint density at radius 3 is 2.91 bits per heavy atom. The van der Waals surface area contributed by atoms with Crippen LogP contribution >= 0.6 is 15.9 Å². The van der Waals surface area contributed by atoms with Crippen LogP contribution in [0.4, 0.5) is 0 Å². The van der Waals surface area contributed by atoms with Gasteiger partial charge in [-0.2, -0.15) is 0 Å². The summed E-state index contributed by atoms with van der Waals surface area (Å²) in [5.74, 6) is 0.547. The van der Waals surface area contributed by atoms with Crippen molar-refractivity contribution >= 4 is 32.7 Å². The summed E-state index contributed by atoms with van der Waals surface area (Å²) in [5.41, 5.74) is 2.89. The first-order valence-electron chi connectivity index (χ1n) is 7.36. The lowest BCUT2D eigenvalue weighted by molar-refractivity contribution is 0.0953. The number of nitrogens with one attached hydrogen (secondary N) is 2. The Kier molecular flexibility index (Phi) is 4.67. The first-order chi connectivity index (χ1) is 11.2. The van der Waals surface area contributed by atoms with Crippen LogP contribution in [0.3, 0.4) is 0 Å². The Labute approximate surface area is 143 Å². The molecule has 0 aliphatic heterocycles. The molecule has 2 aromatic carbocycles. The molecule has 118 valence electrons. The van der Waals surface area contributed by atoms with Gasteiger partial charge < -0.3 is 15.0 Å². The van der Waals surface area contributed by atoms with Crippen LogP contribution in [0, 0.1) is 0 Å². The summed E-state index contributed by atoms with van der Waals surface area (Å²) in [5, 5.41) is 4.15. The van der Waals surface area contributed by atoms with Crippen LogP contribution in [0.1, 0.15) is 15.9 Å². The minimum absolute atomic E-state index is 0.115.